The van der Waals surface area contributed by atoms with Crippen molar-refractivity contribution in [3.63, 3.8) is 0 Å². The Morgan fingerprint density at radius 3 is 2.43 bits per heavy atom. The maximum Gasteiger partial charge on any atom is 0.416 e. The number of halogens is 6. The van der Waals surface area contributed by atoms with E-state index in [2.05, 4.69) is 15.1 Å². The zero-order valence-electron chi connectivity index (χ0n) is 10.6. The molecule has 0 aliphatic carbocycles. The van der Waals surface area contributed by atoms with Crippen molar-refractivity contribution in [1.82, 2.24) is 10.4 Å². The minimum atomic E-state index is -4.61. The predicted octanol–water partition coefficient (Wildman–Crippen LogP) is 2.57. The molecule has 120 valence electrons. The quantitative estimate of drug-likeness (QED) is 0.366. The monoisotopic (exact) mass is 317 g/mol. The van der Waals surface area contributed by atoms with E-state index in [-0.39, 0.29) is 12.0 Å². The summed E-state index contributed by atoms with van der Waals surface area (Å²) < 4.78 is 78.4. The Morgan fingerprint density at radius 2 is 1.90 bits per heavy atom. The highest BCUT2D eigenvalue weighted by Crippen LogP contribution is 2.34. The van der Waals surface area contributed by atoms with Crippen molar-refractivity contribution < 1.29 is 31.1 Å². The number of hydrogen-bond acceptors (Lipinski definition) is 4. The summed E-state index contributed by atoms with van der Waals surface area (Å²) in [5, 5.41) is 0. The van der Waals surface area contributed by atoms with Gasteiger partial charge in [-0.25, -0.2) is 0 Å². The molecular weight excluding hydrogens is 304 g/mol. The van der Waals surface area contributed by atoms with Crippen molar-refractivity contribution >= 4 is 0 Å². The van der Waals surface area contributed by atoms with Gasteiger partial charge >= 0.3 is 12.4 Å². The van der Waals surface area contributed by atoms with Gasteiger partial charge in [-0.05, 0) is 12.5 Å². The van der Waals surface area contributed by atoms with Gasteiger partial charge in [-0.1, -0.05) is 0 Å². The number of nitrogens with zero attached hydrogens (tertiary/aromatic N) is 1. The average molecular weight is 317 g/mol. The van der Waals surface area contributed by atoms with Crippen LogP contribution in [0, 0.1) is 0 Å². The Kier molecular flexibility index (Phi) is 5.93. The fourth-order valence-corrected chi connectivity index (χ4v) is 1.66. The fourth-order valence-electron chi connectivity index (χ4n) is 1.66. The molecule has 1 atom stereocenters. The average Bonchev–Trinajstić information content (AvgIpc) is 2.37. The Balaban J connectivity index is 2.73. The van der Waals surface area contributed by atoms with Crippen LogP contribution in [-0.4, -0.2) is 24.4 Å². The summed E-state index contributed by atoms with van der Waals surface area (Å²) >= 11 is 0. The van der Waals surface area contributed by atoms with Gasteiger partial charge in [-0.15, -0.1) is 0 Å². The molecule has 1 heterocycles. The highest BCUT2D eigenvalue weighted by atomic mass is 19.4. The van der Waals surface area contributed by atoms with E-state index in [9.17, 15) is 26.3 Å². The fraction of sp³-hybridized carbons (Fsp3) is 0.545. The molecule has 3 N–H and O–H groups in total. The van der Waals surface area contributed by atoms with Gasteiger partial charge in [0.05, 0.1) is 11.6 Å². The van der Waals surface area contributed by atoms with Gasteiger partial charge in [0.1, 0.15) is 6.61 Å². The minimum absolute atomic E-state index is 0.165. The van der Waals surface area contributed by atoms with Crippen molar-refractivity contribution in [1.29, 1.82) is 0 Å². The second-order valence-electron chi connectivity index (χ2n) is 4.14. The van der Waals surface area contributed by atoms with Crippen LogP contribution in [0.3, 0.4) is 0 Å². The van der Waals surface area contributed by atoms with Crippen LogP contribution in [0.2, 0.25) is 0 Å². The topological polar surface area (TPSA) is 60.2 Å². The lowest BCUT2D eigenvalue weighted by Gasteiger charge is -2.20. The van der Waals surface area contributed by atoms with Crippen molar-refractivity contribution in [3.05, 3.63) is 29.6 Å². The summed E-state index contributed by atoms with van der Waals surface area (Å²) in [7, 11) is 0. The summed E-state index contributed by atoms with van der Waals surface area (Å²) in [6.45, 7) is -1.87. The van der Waals surface area contributed by atoms with Crippen LogP contribution < -0.4 is 11.3 Å². The molecule has 1 aromatic rings. The first kappa shape index (κ1) is 17.7. The van der Waals surface area contributed by atoms with Gasteiger partial charge in [0.15, 0.2) is 0 Å². The molecule has 0 aromatic carbocycles. The molecule has 0 spiro atoms. The van der Waals surface area contributed by atoms with Gasteiger partial charge in [0.25, 0.3) is 0 Å². The third-order valence-electron chi connectivity index (χ3n) is 2.55. The normalized spacial score (nSPS) is 14.2. The van der Waals surface area contributed by atoms with E-state index in [1.807, 2.05) is 0 Å². The number of hydrazine groups is 1. The zero-order valence-corrected chi connectivity index (χ0v) is 10.6. The van der Waals surface area contributed by atoms with Crippen LogP contribution in [0.1, 0.15) is 23.6 Å². The number of rotatable bonds is 6. The number of hydrogen-bond donors (Lipinski definition) is 2. The largest absolute Gasteiger partial charge is 0.416 e. The first-order chi connectivity index (χ1) is 9.65. The lowest BCUT2D eigenvalue weighted by molar-refractivity contribution is -0.174. The third-order valence-corrected chi connectivity index (χ3v) is 2.55. The van der Waals surface area contributed by atoms with E-state index in [0.717, 1.165) is 18.5 Å². The maximum atomic E-state index is 12.8. The first-order valence-electron chi connectivity index (χ1n) is 5.77. The molecule has 0 aliphatic heterocycles. The number of alkyl halides is 6. The van der Waals surface area contributed by atoms with E-state index >= 15 is 0 Å². The molecule has 1 unspecified atom stereocenters. The molecule has 0 radical (unpaired) electrons. The van der Waals surface area contributed by atoms with Gasteiger partial charge < -0.3 is 4.74 Å². The van der Waals surface area contributed by atoms with E-state index in [1.54, 1.807) is 0 Å². The minimum Gasteiger partial charge on any atom is -0.372 e. The summed E-state index contributed by atoms with van der Waals surface area (Å²) in [5.41, 5.74) is 0.932. The second-order valence-corrected chi connectivity index (χ2v) is 4.14. The van der Waals surface area contributed by atoms with Crippen LogP contribution in [-0.2, 0) is 10.9 Å². The number of pyridine rings is 1. The van der Waals surface area contributed by atoms with Crippen LogP contribution >= 0.6 is 0 Å². The van der Waals surface area contributed by atoms with E-state index in [0.29, 0.717) is 0 Å². The molecule has 1 aromatic heterocycles. The third kappa shape index (κ3) is 5.86. The van der Waals surface area contributed by atoms with Crippen LogP contribution in [0.25, 0.3) is 0 Å². The smallest absolute Gasteiger partial charge is 0.372 e. The summed E-state index contributed by atoms with van der Waals surface area (Å²) in [5.74, 6) is 5.16. The molecule has 4 nitrogen and oxygen atoms in total. The van der Waals surface area contributed by atoms with Crippen molar-refractivity contribution in [2.24, 2.45) is 5.84 Å². The maximum absolute atomic E-state index is 12.8. The lowest BCUT2D eigenvalue weighted by atomic mass is 10.0. The van der Waals surface area contributed by atoms with Gasteiger partial charge in [0, 0.05) is 24.6 Å². The van der Waals surface area contributed by atoms with Crippen molar-refractivity contribution in [2.75, 3.05) is 13.2 Å². The Bertz CT molecular complexity index is 448. The molecule has 0 saturated heterocycles. The molecule has 0 bridgehead atoms. The number of nitrogens with two attached hydrogens (primary N) is 1. The number of nitrogens with one attached hydrogen (secondary N) is 1. The highest BCUT2D eigenvalue weighted by molar-refractivity contribution is 5.29. The lowest BCUT2D eigenvalue weighted by Crippen LogP contribution is -2.31. The highest BCUT2D eigenvalue weighted by Gasteiger charge is 2.35. The van der Waals surface area contributed by atoms with Gasteiger partial charge in [0.2, 0.25) is 0 Å². The van der Waals surface area contributed by atoms with E-state index < -0.39 is 37.2 Å². The summed E-state index contributed by atoms with van der Waals surface area (Å²) in [6.07, 6.45) is -7.32. The molecule has 0 aliphatic rings. The second kappa shape index (κ2) is 7.05. The molecule has 0 saturated carbocycles. The Morgan fingerprint density at radius 1 is 1.24 bits per heavy atom. The van der Waals surface area contributed by atoms with Crippen molar-refractivity contribution in [3.8, 4) is 0 Å². The van der Waals surface area contributed by atoms with Crippen LogP contribution in [0.5, 0.6) is 0 Å². The molecule has 21 heavy (non-hydrogen) atoms. The summed E-state index contributed by atoms with van der Waals surface area (Å²) in [4.78, 5) is 3.58. The molecule has 0 fully saturated rings. The summed E-state index contributed by atoms with van der Waals surface area (Å²) in [6, 6.07) is -0.250. The van der Waals surface area contributed by atoms with Gasteiger partial charge in [-0.3, -0.25) is 16.3 Å². The Hall–Kier alpha value is -1.39. The molecular formula is C11H13F6N3O. The van der Waals surface area contributed by atoms with E-state index in [4.69, 9.17) is 5.84 Å². The molecule has 0 amide bonds. The number of aromatic nitrogens is 1. The predicted molar refractivity (Wildman–Crippen MR) is 60.8 cm³/mol. The molecule has 10 heteroatoms. The standard InChI is InChI=1S/C11H13F6N3O/c12-10(13,14)6-21-4-2-9(20-18)7-5-19-3-1-8(7)11(15,16)17/h1,3,5,9,20H,2,4,6,18H2. The van der Waals surface area contributed by atoms with E-state index in [1.165, 1.54) is 0 Å². The van der Waals surface area contributed by atoms with Crippen LogP contribution in [0.15, 0.2) is 18.5 Å². The van der Waals surface area contributed by atoms with Crippen molar-refractivity contribution in [2.45, 2.75) is 24.8 Å². The molecule has 1 rings (SSSR count). The number of ether oxygens (including phenoxy) is 1. The Labute approximate surface area is 116 Å². The van der Waals surface area contributed by atoms with Crippen LogP contribution in [0.4, 0.5) is 26.3 Å². The first-order valence-corrected chi connectivity index (χ1v) is 5.77. The SMILES string of the molecule is NNC(CCOCC(F)(F)F)c1cnccc1C(F)(F)F. The zero-order chi connectivity index (χ0) is 16.1. The van der Waals surface area contributed by atoms with Gasteiger partial charge in [-0.2, -0.15) is 26.3 Å².